The van der Waals surface area contributed by atoms with Gasteiger partial charge in [0.1, 0.15) is 30.4 Å². The number of aliphatic hydroxyl groups is 1. The highest BCUT2D eigenvalue weighted by Gasteiger charge is 2.28. The first-order chi connectivity index (χ1) is 14.7. The number of rotatable bonds is 8. The van der Waals surface area contributed by atoms with Crippen molar-refractivity contribution in [1.82, 2.24) is 0 Å². The van der Waals surface area contributed by atoms with Crippen LogP contribution < -0.4 is 10.2 Å². The van der Waals surface area contributed by atoms with E-state index in [9.17, 15) is 9.90 Å². The van der Waals surface area contributed by atoms with Crippen molar-refractivity contribution < 1.29 is 19.1 Å². The number of allylic oxidation sites excluding steroid dienone is 6. The van der Waals surface area contributed by atoms with Gasteiger partial charge in [0.25, 0.3) is 0 Å². The van der Waals surface area contributed by atoms with Gasteiger partial charge in [0.15, 0.2) is 5.78 Å². The van der Waals surface area contributed by atoms with Gasteiger partial charge in [0.2, 0.25) is 0 Å². The number of hydrogen-bond donors (Lipinski definition) is 2. The number of quaternary nitrogens is 1. The van der Waals surface area contributed by atoms with E-state index in [0.29, 0.717) is 29.3 Å². The lowest BCUT2D eigenvalue weighted by Crippen LogP contribution is -2.38. The van der Waals surface area contributed by atoms with Crippen LogP contribution in [0.3, 0.4) is 0 Å². The minimum absolute atomic E-state index is 0.163. The summed E-state index contributed by atoms with van der Waals surface area (Å²) >= 11 is 4.64. The molecule has 0 saturated heterocycles. The van der Waals surface area contributed by atoms with E-state index in [4.69, 9.17) is 4.74 Å². The number of carbonyl (C=O) groups is 1. The number of anilines is 1. The first kappa shape index (κ1) is 26.2. The number of benzene rings is 1. The van der Waals surface area contributed by atoms with Crippen LogP contribution in [0.2, 0.25) is 0 Å². The molecule has 0 saturated carbocycles. The molecule has 0 amide bonds. The Bertz CT molecular complexity index is 880. The number of halogens is 1. The molecule has 0 aromatic heterocycles. The maximum absolute atomic E-state index is 12.1. The maximum atomic E-state index is 12.1. The number of carbonyl (C=O) groups excluding carboxylic acids is 1. The fourth-order valence-electron chi connectivity index (χ4n) is 2.65. The highest BCUT2D eigenvalue weighted by Crippen LogP contribution is 2.27. The number of likely N-dealkylation sites (N-methyl/N-ethyl adjacent to an activating group) is 1. The Kier molecular flexibility index (Phi) is 10.8. The van der Waals surface area contributed by atoms with Gasteiger partial charge in [-0.05, 0) is 17.7 Å². The lowest BCUT2D eigenvalue weighted by Gasteiger charge is -2.24. The molecule has 7 heteroatoms. The quantitative estimate of drug-likeness (QED) is 0.262. The molecule has 1 atom stereocenters. The van der Waals surface area contributed by atoms with Crippen LogP contribution in [0.15, 0.2) is 77.7 Å². The summed E-state index contributed by atoms with van der Waals surface area (Å²) in [5.74, 6) is -0.0613. The van der Waals surface area contributed by atoms with Crippen LogP contribution in [0.5, 0.6) is 5.75 Å². The third-order valence-corrected chi connectivity index (χ3v) is 4.41. The van der Waals surface area contributed by atoms with Gasteiger partial charge in [0.05, 0.1) is 26.8 Å². The van der Waals surface area contributed by atoms with Crippen LogP contribution in [0.25, 0.3) is 0 Å². The van der Waals surface area contributed by atoms with Crippen molar-refractivity contribution in [3.8, 4) is 5.75 Å². The summed E-state index contributed by atoms with van der Waals surface area (Å²) in [5, 5.41) is 14.7. The first-order valence-corrected chi connectivity index (χ1v) is 10.7. The Labute approximate surface area is 190 Å². The second-order valence-electron chi connectivity index (χ2n) is 7.83. The average molecular weight is 447 g/mol. The number of alkyl halides is 1. The molecular formula is C24H33ClN3O3+. The fourth-order valence-corrected chi connectivity index (χ4v) is 2.65. The zero-order chi connectivity index (χ0) is 23.4. The average Bonchev–Trinajstić information content (AvgIpc) is 2.72. The summed E-state index contributed by atoms with van der Waals surface area (Å²) in [6.45, 7) is 6.84. The molecule has 1 aliphatic rings. The number of hydrazone groups is 1. The highest BCUT2D eigenvalue weighted by atomic mass is 35.5. The zero-order valence-corrected chi connectivity index (χ0v) is 19.7. The molecule has 1 aromatic carbocycles. The molecule has 168 valence electrons. The van der Waals surface area contributed by atoms with Crippen LogP contribution in [-0.4, -0.2) is 61.8 Å². The third kappa shape index (κ3) is 8.44. The zero-order valence-electron chi connectivity index (χ0n) is 18.9. The summed E-state index contributed by atoms with van der Waals surface area (Å²) in [7, 11) is 6.32. The number of nitrogens with one attached hydrogen (secondary N) is 1. The predicted octanol–water partition coefficient (Wildman–Crippen LogP) is 4.72. The Morgan fingerprint density at radius 1 is 1.26 bits per heavy atom. The van der Waals surface area contributed by atoms with Gasteiger partial charge in [-0.1, -0.05) is 49.9 Å². The first-order valence-electron chi connectivity index (χ1n) is 9.91. The van der Waals surface area contributed by atoms with Crippen molar-refractivity contribution in [1.29, 1.82) is 0 Å². The predicted molar refractivity (Wildman–Crippen MR) is 130 cm³/mol. The van der Waals surface area contributed by atoms with Crippen LogP contribution >= 0.6 is 11.6 Å². The van der Waals surface area contributed by atoms with Gasteiger partial charge in [-0.2, -0.15) is 5.10 Å². The molecule has 1 aliphatic carbocycles. The van der Waals surface area contributed by atoms with Gasteiger partial charge < -0.3 is 14.3 Å². The molecule has 6 nitrogen and oxygen atoms in total. The van der Waals surface area contributed by atoms with Crippen molar-refractivity contribution in [3.05, 3.63) is 72.6 Å². The number of ketones is 1. The molecule has 2 N–H and O–H groups in total. The summed E-state index contributed by atoms with van der Waals surface area (Å²) in [5.41, 5.74) is 4.61. The lowest BCUT2D eigenvalue weighted by atomic mass is 9.86. The van der Waals surface area contributed by atoms with E-state index in [1.165, 1.54) is 12.5 Å². The molecule has 1 aromatic rings. The SMILES string of the molecule is C=C\C=C/C=C1/C(=N/Nc2ccccc2OCC[N+](C)(C)C)C(O)=CC(=O)C1C.CCl. The van der Waals surface area contributed by atoms with Crippen molar-refractivity contribution in [2.45, 2.75) is 6.92 Å². The van der Waals surface area contributed by atoms with Gasteiger partial charge in [0, 0.05) is 18.4 Å². The summed E-state index contributed by atoms with van der Waals surface area (Å²) in [4.78, 5) is 12.1. The summed E-state index contributed by atoms with van der Waals surface area (Å²) in [6, 6.07) is 7.49. The number of nitrogens with zero attached hydrogens (tertiary/aromatic N) is 2. The van der Waals surface area contributed by atoms with Crippen LogP contribution in [0.4, 0.5) is 5.69 Å². The normalized spacial score (nSPS) is 19.1. The molecule has 0 bridgehead atoms. The largest absolute Gasteiger partial charge is 0.505 e. The maximum Gasteiger partial charge on any atom is 0.166 e. The van der Waals surface area contributed by atoms with Crippen LogP contribution in [0.1, 0.15) is 6.92 Å². The molecule has 0 heterocycles. The summed E-state index contributed by atoms with van der Waals surface area (Å²) < 4.78 is 6.71. The number of hydrogen-bond acceptors (Lipinski definition) is 5. The highest BCUT2D eigenvalue weighted by molar-refractivity contribution is 6.21. The number of para-hydroxylation sites is 2. The molecule has 0 fully saturated rings. The van der Waals surface area contributed by atoms with Gasteiger partial charge in [-0.3, -0.25) is 10.2 Å². The Morgan fingerprint density at radius 2 is 1.94 bits per heavy atom. The Morgan fingerprint density at radius 3 is 2.58 bits per heavy atom. The molecular weight excluding hydrogens is 414 g/mol. The topological polar surface area (TPSA) is 70.9 Å². The number of aliphatic hydroxyl groups excluding tert-OH is 1. The van der Waals surface area contributed by atoms with Gasteiger partial charge in [-0.25, -0.2) is 0 Å². The van der Waals surface area contributed by atoms with Crippen molar-refractivity contribution in [3.63, 3.8) is 0 Å². The molecule has 1 unspecified atom stereocenters. The second kappa shape index (κ2) is 12.8. The van der Waals surface area contributed by atoms with Crippen molar-refractivity contribution in [2.75, 3.05) is 46.1 Å². The van der Waals surface area contributed by atoms with Gasteiger partial charge >= 0.3 is 0 Å². The minimum atomic E-state index is -0.406. The van der Waals surface area contributed by atoms with Crippen molar-refractivity contribution >= 4 is 28.8 Å². The number of ether oxygens (including phenoxy) is 1. The Balaban J connectivity index is 0.00000233. The standard InChI is InChI=1S/C23H29N3O3.CH3Cl/c1-6-7-8-11-18-17(2)20(27)16-21(28)23(18)25-24-19-12-9-10-13-22(19)29-15-14-26(3,4)5;1-2/h6-13,16-17H,1,14-15H2,2-5H3,(H-,24,27,28);1H3/p+1/b8-7-,18-11+;. The minimum Gasteiger partial charge on any atom is -0.505 e. The molecule has 31 heavy (non-hydrogen) atoms. The molecule has 0 aliphatic heterocycles. The van der Waals surface area contributed by atoms with E-state index in [-0.39, 0.29) is 11.5 Å². The molecule has 0 radical (unpaired) electrons. The monoisotopic (exact) mass is 446 g/mol. The van der Waals surface area contributed by atoms with E-state index in [0.717, 1.165) is 11.0 Å². The summed E-state index contributed by atoms with van der Waals surface area (Å²) in [6.07, 6.45) is 9.60. The van der Waals surface area contributed by atoms with Crippen molar-refractivity contribution in [2.24, 2.45) is 11.0 Å². The molecule has 2 rings (SSSR count). The van der Waals surface area contributed by atoms with E-state index in [2.05, 4.69) is 49.9 Å². The van der Waals surface area contributed by atoms with Crippen LogP contribution in [-0.2, 0) is 4.79 Å². The van der Waals surface area contributed by atoms with Gasteiger partial charge in [-0.15, -0.1) is 11.6 Å². The van der Waals surface area contributed by atoms with E-state index in [1.54, 1.807) is 31.2 Å². The fraction of sp³-hybridized carbons (Fsp3) is 0.333. The smallest absolute Gasteiger partial charge is 0.166 e. The lowest BCUT2D eigenvalue weighted by molar-refractivity contribution is -0.870. The Hall–Kier alpha value is -2.83. The molecule has 0 spiro atoms. The van der Waals surface area contributed by atoms with E-state index >= 15 is 0 Å². The third-order valence-electron chi connectivity index (χ3n) is 4.41. The second-order valence-corrected chi connectivity index (χ2v) is 7.83. The van der Waals surface area contributed by atoms with Crippen LogP contribution in [0, 0.1) is 5.92 Å². The van der Waals surface area contributed by atoms with E-state index in [1.807, 2.05) is 24.3 Å². The van der Waals surface area contributed by atoms with E-state index < -0.39 is 5.92 Å².